The number of nitrogens with one attached hydrogen (secondary N) is 1. The van der Waals surface area contributed by atoms with Gasteiger partial charge in [-0.2, -0.15) is 5.10 Å². The average Bonchev–Trinajstić information content (AvgIpc) is 3.13. The number of hydrogen-bond acceptors (Lipinski definition) is 2. The maximum atomic E-state index is 12.8. The van der Waals surface area contributed by atoms with Gasteiger partial charge in [-0.15, -0.1) is 0 Å². The van der Waals surface area contributed by atoms with E-state index in [1.165, 1.54) is 16.8 Å². The first-order chi connectivity index (χ1) is 13.2. The first kappa shape index (κ1) is 17.5. The highest BCUT2D eigenvalue weighted by atomic mass is 16.1. The van der Waals surface area contributed by atoms with Crippen molar-refractivity contribution in [2.75, 3.05) is 0 Å². The monoisotopic (exact) mass is 359 g/mol. The molecule has 4 nitrogen and oxygen atoms in total. The van der Waals surface area contributed by atoms with Crippen LogP contribution in [-0.4, -0.2) is 15.7 Å². The van der Waals surface area contributed by atoms with E-state index in [0.29, 0.717) is 0 Å². The summed E-state index contributed by atoms with van der Waals surface area (Å²) in [5.74, 6) is -0.0780. The maximum Gasteiger partial charge on any atom is 0.227 e. The van der Waals surface area contributed by atoms with Crippen LogP contribution in [0.3, 0.4) is 0 Å². The van der Waals surface area contributed by atoms with Crippen molar-refractivity contribution in [3.05, 3.63) is 89.2 Å². The van der Waals surface area contributed by atoms with Crippen LogP contribution in [-0.2, 0) is 17.8 Å². The Kier molecular flexibility index (Phi) is 5.05. The third-order valence-corrected chi connectivity index (χ3v) is 5.45. The van der Waals surface area contributed by atoms with Gasteiger partial charge >= 0.3 is 0 Å². The van der Waals surface area contributed by atoms with E-state index >= 15 is 0 Å². The van der Waals surface area contributed by atoms with Crippen molar-refractivity contribution in [3.63, 3.8) is 0 Å². The minimum Gasteiger partial charge on any atom is -0.349 e. The fraction of sp³-hybridized carbons (Fsp3) is 0.304. The molecule has 27 heavy (non-hydrogen) atoms. The minimum atomic E-state index is -0.157. The predicted molar refractivity (Wildman–Crippen MR) is 106 cm³/mol. The Labute approximate surface area is 160 Å². The summed E-state index contributed by atoms with van der Waals surface area (Å²) < 4.78 is 2.09. The van der Waals surface area contributed by atoms with Crippen molar-refractivity contribution in [1.29, 1.82) is 0 Å². The molecule has 2 aromatic carbocycles. The summed E-state index contributed by atoms with van der Waals surface area (Å²) in [6.45, 7) is 2.74. The summed E-state index contributed by atoms with van der Waals surface area (Å²) in [7, 11) is 0. The number of hydrogen-bond donors (Lipinski definition) is 1. The third kappa shape index (κ3) is 3.80. The maximum absolute atomic E-state index is 12.8. The van der Waals surface area contributed by atoms with Crippen LogP contribution in [0.5, 0.6) is 0 Å². The highest BCUT2D eigenvalue weighted by Crippen LogP contribution is 2.30. The van der Waals surface area contributed by atoms with Crippen LogP contribution in [0.15, 0.2) is 66.9 Å². The first-order valence-corrected chi connectivity index (χ1v) is 9.66. The van der Waals surface area contributed by atoms with Gasteiger partial charge in [0.25, 0.3) is 0 Å². The molecule has 0 spiro atoms. The summed E-state index contributed by atoms with van der Waals surface area (Å²) in [6, 6.07) is 20.4. The fourth-order valence-corrected chi connectivity index (χ4v) is 3.85. The number of rotatable bonds is 5. The van der Waals surface area contributed by atoms with Crippen LogP contribution < -0.4 is 5.32 Å². The van der Waals surface area contributed by atoms with Crippen molar-refractivity contribution in [1.82, 2.24) is 15.1 Å². The second kappa shape index (κ2) is 7.78. The number of amides is 1. The molecule has 1 aliphatic rings. The number of fused-ring (bicyclic) bond motifs is 1. The second-order valence-electron chi connectivity index (χ2n) is 7.28. The van der Waals surface area contributed by atoms with Crippen molar-refractivity contribution in [2.45, 2.75) is 44.7 Å². The molecule has 0 radical (unpaired) electrons. The second-order valence-corrected chi connectivity index (χ2v) is 7.28. The van der Waals surface area contributed by atoms with Crippen molar-refractivity contribution >= 4 is 5.91 Å². The van der Waals surface area contributed by atoms with E-state index in [9.17, 15) is 4.79 Å². The van der Waals surface area contributed by atoms with Crippen LogP contribution in [0, 0.1) is 0 Å². The molecular formula is C23H25N3O. The van der Waals surface area contributed by atoms with Gasteiger partial charge in [0, 0.05) is 11.3 Å². The molecule has 1 aliphatic carbocycles. The van der Waals surface area contributed by atoms with Crippen LogP contribution in [0.2, 0.25) is 0 Å². The lowest BCUT2D eigenvalue weighted by Gasteiger charge is -2.25. The summed E-state index contributed by atoms with van der Waals surface area (Å²) in [5, 5.41) is 7.88. The fourth-order valence-electron chi connectivity index (χ4n) is 3.85. The molecule has 4 heteroatoms. The lowest BCUT2D eigenvalue weighted by Crippen LogP contribution is -2.33. The number of carbonyl (C=O) groups is 1. The van der Waals surface area contributed by atoms with E-state index in [0.717, 1.165) is 31.4 Å². The topological polar surface area (TPSA) is 46.9 Å². The number of benzene rings is 2. The Bertz CT molecular complexity index is 902. The summed E-state index contributed by atoms with van der Waals surface area (Å²) >= 11 is 0. The van der Waals surface area contributed by atoms with Gasteiger partial charge in [0.1, 0.15) is 0 Å². The van der Waals surface area contributed by atoms with Crippen LogP contribution in [0.25, 0.3) is 0 Å². The lowest BCUT2D eigenvalue weighted by molar-refractivity contribution is -0.123. The first-order valence-electron chi connectivity index (χ1n) is 9.66. The third-order valence-electron chi connectivity index (χ3n) is 5.45. The average molecular weight is 359 g/mol. The van der Waals surface area contributed by atoms with Crippen molar-refractivity contribution < 1.29 is 4.79 Å². The zero-order chi connectivity index (χ0) is 18.6. The minimum absolute atomic E-state index is 0.0527. The molecule has 0 aliphatic heterocycles. The van der Waals surface area contributed by atoms with Gasteiger partial charge in [-0.1, -0.05) is 60.7 Å². The Morgan fingerprint density at radius 2 is 1.85 bits per heavy atom. The Hall–Kier alpha value is -2.88. The van der Waals surface area contributed by atoms with E-state index in [-0.39, 0.29) is 17.9 Å². The van der Waals surface area contributed by atoms with Gasteiger partial charge < -0.3 is 5.32 Å². The molecular weight excluding hydrogens is 334 g/mol. The molecule has 0 bridgehead atoms. The van der Waals surface area contributed by atoms with Crippen LogP contribution in [0.4, 0.5) is 0 Å². The molecule has 0 fully saturated rings. The molecule has 1 heterocycles. The van der Waals surface area contributed by atoms with Gasteiger partial charge in [-0.25, -0.2) is 0 Å². The zero-order valence-electron chi connectivity index (χ0n) is 15.6. The van der Waals surface area contributed by atoms with Crippen molar-refractivity contribution in [3.8, 4) is 0 Å². The number of carbonyl (C=O) groups excluding carboxylic acids is 1. The van der Waals surface area contributed by atoms with Crippen LogP contribution >= 0.6 is 0 Å². The normalized spacial score (nSPS) is 17.1. The van der Waals surface area contributed by atoms with Gasteiger partial charge in [-0.3, -0.25) is 9.48 Å². The summed E-state index contributed by atoms with van der Waals surface area (Å²) in [6.07, 6.45) is 4.99. The number of aromatic nitrogens is 2. The highest BCUT2D eigenvalue weighted by Gasteiger charge is 2.27. The van der Waals surface area contributed by atoms with E-state index in [4.69, 9.17) is 0 Å². The summed E-state index contributed by atoms with van der Waals surface area (Å²) in [4.78, 5) is 12.8. The molecule has 0 saturated heterocycles. The lowest BCUT2D eigenvalue weighted by atomic mass is 9.91. The Balaban J connectivity index is 1.50. The molecule has 1 aromatic heterocycles. The standard InChI is InChI=1S/C23H25N3O/c1-17(19-11-6-3-7-12-19)23(27)25-21-13-8-14-22-20(21)15-24-26(22)16-18-9-4-2-5-10-18/h2-7,9-12,15,17,21H,8,13-14,16H2,1H3,(H,25,27)/t17-,21-/m0/s1. The Morgan fingerprint density at radius 1 is 1.15 bits per heavy atom. The van der Waals surface area contributed by atoms with Gasteiger partial charge in [0.15, 0.2) is 0 Å². The largest absolute Gasteiger partial charge is 0.349 e. The highest BCUT2D eigenvalue weighted by molar-refractivity contribution is 5.83. The summed E-state index contributed by atoms with van der Waals surface area (Å²) in [5.41, 5.74) is 4.71. The molecule has 4 rings (SSSR count). The Morgan fingerprint density at radius 3 is 2.59 bits per heavy atom. The van der Waals surface area contributed by atoms with Gasteiger partial charge in [-0.05, 0) is 37.3 Å². The molecule has 1 N–H and O–H groups in total. The number of nitrogens with zero attached hydrogens (tertiary/aromatic N) is 2. The SMILES string of the molecule is C[C@H](C(=O)N[C@H]1CCCc2c1cnn2Cc1ccccc1)c1ccccc1. The quantitative estimate of drug-likeness (QED) is 0.741. The molecule has 1 amide bonds. The van der Waals surface area contributed by atoms with E-state index in [1.54, 1.807) is 0 Å². The molecule has 0 saturated carbocycles. The van der Waals surface area contributed by atoms with Gasteiger partial charge in [0.2, 0.25) is 5.91 Å². The molecule has 138 valence electrons. The van der Waals surface area contributed by atoms with E-state index in [1.807, 2.05) is 49.5 Å². The zero-order valence-corrected chi connectivity index (χ0v) is 15.6. The molecule has 3 aromatic rings. The smallest absolute Gasteiger partial charge is 0.227 e. The van der Waals surface area contributed by atoms with E-state index < -0.39 is 0 Å². The predicted octanol–water partition coefficient (Wildman–Crippen LogP) is 4.23. The van der Waals surface area contributed by atoms with E-state index in [2.05, 4.69) is 39.4 Å². The molecule has 2 atom stereocenters. The van der Waals surface area contributed by atoms with Crippen LogP contribution in [0.1, 0.15) is 54.1 Å². The van der Waals surface area contributed by atoms with Crippen molar-refractivity contribution in [2.24, 2.45) is 0 Å². The van der Waals surface area contributed by atoms with Gasteiger partial charge in [0.05, 0.1) is 24.7 Å². The molecule has 0 unspecified atom stereocenters.